The number of fused-ring (bicyclic) bond motifs is 1. The highest BCUT2D eigenvalue weighted by Crippen LogP contribution is 2.32. The third-order valence-corrected chi connectivity index (χ3v) is 8.24. The molecule has 0 aliphatic carbocycles. The molecule has 3 atom stereocenters. The maximum absolute atomic E-state index is 13.8. The van der Waals surface area contributed by atoms with Crippen LogP contribution in [0.4, 0.5) is 4.39 Å². The molecule has 3 aliphatic heterocycles. The van der Waals surface area contributed by atoms with Gasteiger partial charge in [0, 0.05) is 50.0 Å². The van der Waals surface area contributed by atoms with Crippen molar-refractivity contribution < 1.29 is 18.7 Å². The Balaban J connectivity index is 1.17. The van der Waals surface area contributed by atoms with Crippen LogP contribution in [0, 0.1) is 5.82 Å². The van der Waals surface area contributed by atoms with E-state index >= 15 is 0 Å². The summed E-state index contributed by atoms with van der Waals surface area (Å²) in [6.07, 6.45) is 1.97. The second kappa shape index (κ2) is 11.8. The zero-order chi connectivity index (χ0) is 28.3. The highest BCUT2D eigenvalue weighted by molar-refractivity contribution is 6.01. The van der Waals surface area contributed by atoms with Gasteiger partial charge in [-0.15, -0.1) is 0 Å². The number of hydrogen-bond donors (Lipinski definition) is 2. The van der Waals surface area contributed by atoms with Gasteiger partial charge in [-0.2, -0.15) is 0 Å². The molecule has 2 saturated heterocycles. The maximum Gasteiger partial charge on any atom is 0.255 e. The number of piperidine rings is 2. The van der Waals surface area contributed by atoms with E-state index in [9.17, 15) is 14.0 Å². The van der Waals surface area contributed by atoms with Crippen molar-refractivity contribution in [3.8, 4) is 5.75 Å². The summed E-state index contributed by atoms with van der Waals surface area (Å²) >= 11 is 0. The Morgan fingerprint density at radius 3 is 2.63 bits per heavy atom. The van der Waals surface area contributed by atoms with Crippen molar-refractivity contribution in [1.82, 2.24) is 20.4 Å². The molecule has 3 heterocycles. The second-order valence-corrected chi connectivity index (χ2v) is 11.2. The number of nitrogens with zero attached hydrogens (tertiary/aromatic N) is 2. The van der Waals surface area contributed by atoms with E-state index in [0.29, 0.717) is 49.5 Å². The molecule has 0 aromatic heterocycles. The number of carbonyl (C=O) groups excluding carboxylic acids is 2. The summed E-state index contributed by atoms with van der Waals surface area (Å²) in [6.45, 7) is 7.15. The van der Waals surface area contributed by atoms with Gasteiger partial charge in [-0.05, 0) is 66.3 Å². The van der Waals surface area contributed by atoms with Crippen LogP contribution >= 0.6 is 0 Å². The molecule has 41 heavy (non-hydrogen) atoms. The van der Waals surface area contributed by atoms with Gasteiger partial charge in [0.1, 0.15) is 23.7 Å². The van der Waals surface area contributed by atoms with Crippen LogP contribution in [0.25, 0.3) is 0 Å². The van der Waals surface area contributed by atoms with Gasteiger partial charge in [0.15, 0.2) is 0 Å². The lowest BCUT2D eigenvalue weighted by Crippen LogP contribution is -2.54. The predicted octanol–water partition coefficient (Wildman–Crippen LogP) is 4.39. The number of halogens is 1. The highest BCUT2D eigenvalue weighted by Gasteiger charge is 2.38. The Kier molecular flexibility index (Phi) is 7.85. The quantitative estimate of drug-likeness (QED) is 0.432. The lowest BCUT2D eigenvalue weighted by atomic mass is 10.00. The zero-order valence-electron chi connectivity index (χ0n) is 23.0. The summed E-state index contributed by atoms with van der Waals surface area (Å²) in [5, 5.41) is 6.48. The molecule has 2 amide bonds. The van der Waals surface area contributed by atoms with Crippen molar-refractivity contribution >= 4 is 11.8 Å². The molecule has 1 unspecified atom stereocenters. The summed E-state index contributed by atoms with van der Waals surface area (Å²) in [5.41, 5.74) is 4.32. The average molecular weight is 555 g/mol. The Bertz CT molecular complexity index is 1450. The molecule has 7 nitrogen and oxygen atoms in total. The molecule has 0 radical (unpaired) electrons. The van der Waals surface area contributed by atoms with Gasteiger partial charge in [-0.25, -0.2) is 4.39 Å². The van der Waals surface area contributed by atoms with Gasteiger partial charge >= 0.3 is 0 Å². The van der Waals surface area contributed by atoms with Gasteiger partial charge in [0.2, 0.25) is 5.91 Å². The minimum atomic E-state index is -0.494. The second-order valence-electron chi connectivity index (χ2n) is 11.2. The number of nitrogens with one attached hydrogen (secondary N) is 2. The fourth-order valence-corrected chi connectivity index (χ4v) is 6.09. The van der Waals surface area contributed by atoms with Crippen LogP contribution in [0.15, 0.2) is 85.1 Å². The summed E-state index contributed by atoms with van der Waals surface area (Å²) < 4.78 is 20.4. The van der Waals surface area contributed by atoms with Gasteiger partial charge in [0.25, 0.3) is 5.91 Å². The van der Waals surface area contributed by atoms with Crippen LogP contribution in [0.5, 0.6) is 5.75 Å². The van der Waals surface area contributed by atoms with Crippen molar-refractivity contribution in [2.24, 2.45) is 0 Å². The largest absolute Gasteiger partial charge is 0.487 e. The first-order chi connectivity index (χ1) is 19.9. The van der Waals surface area contributed by atoms with E-state index < -0.39 is 6.04 Å². The van der Waals surface area contributed by atoms with Crippen molar-refractivity contribution in [3.05, 3.63) is 113 Å². The van der Waals surface area contributed by atoms with E-state index in [0.717, 1.165) is 30.6 Å². The number of carbonyl (C=O) groups is 2. The molecule has 212 valence electrons. The van der Waals surface area contributed by atoms with Crippen molar-refractivity contribution in [3.63, 3.8) is 0 Å². The molecule has 0 saturated carbocycles. The fraction of sp³-hybridized carbons (Fsp3) is 0.333. The van der Waals surface area contributed by atoms with E-state index in [-0.39, 0.29) is 29.8 Å². The van der Waals surface area contributed by atoms with Crippen LogP contribution in [-0.2, 0) is 24.4 Å². The molecule has 0 bridgehead atoms. The first kappa shape index (κ1) is 27.2. The summed E-state index contributed by atoms with van der Waals surface area (Å²) in [6, 6.07) is 22.3. The Morgan fingerprint density at radius 2 is 1.83 bits per heavy atom. The Labute approximate surface area is 240 Å². The number of benzene rings is 3. The van der Waals surface area contributed by atoms with Gasteiger partial charge in [0.05, 0.1) is 0 Å². The number of hydrogen-bond acceptors (Lipinski definition) is 5. The molecule has 6 rings (SSSR count). The third kappa shape index (κ3) is 6.19. The van der Waals surface area contributed by atoms with E-state index in [1.165, 1.54) is 11.6 Å². The minimum Gasteiger partial charge on any atom is -0.487 e. The molecule has 8 heteroatoms. The number of allylic oxidation sites excluding steroid dienone is 1. The topological polar surface area (TPSA) is 73.9 Å². The number of likely N-dealkylation sites (tertiary alicyclic amines) is 1. The molecule has 0 spiro atoms. The van der Waals surface area contributed by atoms with E-state index in [2.05, 4.69) is 34.2 Å². The zero-order valence-corrected chi connectivity index (χ0v) is 23.0. The fourth-order valence-electron chi connectivity index (χ4n) is 6.09. The number of amides is 2. The first-order valence-corrected chi connectivity index (χ1v) is 14.3. The van der Waals surface area contributed by atoms with Gasteiger partial charge in [-0.3, -0.25) is 14.5 Å². The number of rotatable bonds is 8. The monoisotopic (exact) mass is 554 g/mol. The van der Waals surface area contributed by atoms with Crippen LogP contribution in [-0.4, -0.2) is 52.9 Å². The Hall–Kier alpha value is -4.01. The summed E-state index contributed by atoms with van der Waals surface area (Å²) in [4.78, 5) is 29.7. The molecule has 3 aromatic carbocycles. The third-order valence-electron chi connectivity index (χ3n) is 8.24. The Morgan fingerprint density at radius 1 is 1.00 bits per heavy atom. The minimum absolute atomic E-state index is 0.115. The van der Waals surface area contributed by atoms with E-state index in [1.54, 1.807) is 17.0 Å². The molecular weight excluding hydrogens is 519 g/mol. The van der Waals surface area contributed by atoms with Crippen LogP contribution in [0.3, 0.4) is 0 Å². The predicted molar refractivity (Wildman–Crippen MR) is 154 cm³/mol. The molecule has 2 fully saturated rings. The standard InChI is InChI=1S/C33H35FN4O3/c1-22-10-13-30(32(39)36-22)38-20-25-17-27(11-12-28(25)33(38)40)41-31-21-37(19-24-8-5-9-26(34)16-24)15-14-29(31)35-18-23-6-3-2-4-7-23/h2-9,11-12,16-17,29-31,35H,1,10,13-15,18-21H2,(H,36,39)/t29-,30?,31-/m0/s1. The van der Waals surface area contributed by atoms with Crippen molar-refractivity contribution in [2.75, 3.05) is 13.1 Å². The molecule has 3 aromatic rings. The lowest BCUT2D eigenvalue weighted by molar-refractivity contribution is -0.126. The summed E-state index contributed by atoms with van der Waals surface area (Å²) in [7, 11) is 0. The van der Waals surface area contributed by atoms with Crippen LogP contribution in [0.1, 0.15) is 46.3 Å². The van der Waals surface area contributed by atoms with Crippen LogP contribution in [0.2, 0.25) is 0 Å². The molecule has 3 aliphatic rings. The van der Waals surface area contributed by atoms with Crippen LogP contribution < -0.4 is 15.4 Å². The average Bonchev–Trinajstić information content (AvgIpc) is 3.28. The number of ether oxygens (including phenoxy) is 1. The van der Waals surface area contributed by atoms with Crippen molar-refractivity contribution in [2.45, 2.75) is 57.1 Å². The summed E-state index contributed by atoms with van der Waals surface area (Å²) in [5.74, 6) is 0.170. The van der Waals surface area contributed by atoms with E-state index in [1.807, 2.05) is 42.5 Å². The normalized spacial score (nSPS) is 22.9. The highest BCUT2D eigenvalue weighted by atomic mass is 19.1. The molecular formula is C33H35FN4O3. The van der Waals surface area contributed by atoms with Crippen molar-refractivity contribution in [1.29, 1.82) is 0 Å². The maximum atomic E-state index is 13.8. The van der Waals surface area contributed by atoms with Gasteiger partial charge in [-0.1, -0.05) is 49.0 Å². The first-order valence-electron chi connectivity index (χ1n) is 14.3. The van der Waals surface area contributed by atoms with E-state index in [4.69, 9.17) is 4.74 Å². The van der Waals surface area contributed by atoms with Gasteiger partial charge < -0.3 is 20.3 Å². The lowest BCUT2D eigenvalue weighted by Gasteiger charge is -2.39. The molecule has 2 N–H and O–H groups in total. The smallest absolute Gasteiger partial charge is 0.255 e. The SMILES string of the molecule is C=C1CCC(N2Cc3cc(O[C@H]4CN(Cc5cccc(F)c5)CC[C@@H]4NCc4ccccc4)ccc3C2=O)C(=O)N1.